The summed E-state index contributed by atoms with van der Waals surface area (Å²) in [5.41, 5.74) is 1.03. The number of amides is 1. The Hall–Kier alpha value is -2.45. The molecule has 6 nitrogen and oxygen atoms in total. The highest BCUT2D eigenvalue weighted by molar-refractivity contribution is 7.89. The van der Waals surface area contributed by atoms with Crippen molar-refractivity contribution in [2.45, 2.75) is 11.8 Å². The number of carbonyl (C=O) groups excluding carboxylic acids is 1. The first kappa shape index (κ1) is 19.3. The summed E-state index contributed by atoms with van der Waals surface area (Å²) in [5.74, 6) is -0.369. The number of nitrogens with zero attached hydrogens (tertiary/aromatic N) is 2. The second-order valence-corrected chi connectivity index (χ2v) is 8.23. The number of carbonyl (C=O) groups is 1. The van der Waals surface area contributed by atoms with Crippen LogP contribution in [0.4, 0.5) is 4.39 Å². The molecule has 0 saturated carbocycles. The van der Waals surface area contributed by atoms with Crippen molar-refractivity contribution in [3.05, 3.63) is 59.9 Å². The maximum Gasteiger partial charge on any atom is 0.260 e. The number of benzene rings is 2. The fraction of sp³-hybridized carbons (Fsp3) is 0.316. The Bertz CT molecular complexity index is 925. The highest BCUT2D eigenvalue weighted by atomic mass is 32.2. The fourth-order valence-electron chi connectivity index (χ4n) is 2.91. The number of hydrogen-bond donors (Lipinski definition) is 0. The Balaban J connectivity index is 1.57. The molecule has 0 spiro atoms. The van der Waals surface area contributed by atoms with Gasteiger partial charge in [-0.3, -0.25) is 4.79 Å². The Kier molecular flexibility index (Phi) is 5.76. The van der Waals surface area contributed by atoms with E-state index in [1.807, 2.05) is 25.1 Å². The molecule has 1 fully saturated rings. The molecule has 1 saturated heterocycles. The first-order valence-corrected chi connectivity index (χ1v) is 10.0. The van der Waals surface area contributed by atoms with Gasteiger partial charge in [0.05, 0.1) is 0 Å². The molecule has 0 atom stereocenters. The molecular formula is C19H21FN2O4S. The predicted molar refractivity (Wildman–Crippen MR) is 98.4 cm³/mol. The number of sulfonamides is 1. The minimum Gasteiger partial charge on any atom is -0.484 e. The third-order valence-corrected chi connectivity index (χ3v) is 6.33. The molecule has 3 rings (SSSR count). The van der Waals surface area contributed by atoms with E-state index in [1.165, 1.54) is 22.5 Å². The van der Waals surface area contributed by atoms with Crippen LogP contribution in [-0.4, -0.2) is 56.3 Å². The number of halogens is 1. The van der Waals surface area contributed by atoms with E-state index in [0.717, 1.165) is 11.6 Å². The monoisotopic (exact) mass is 392 g/mol. The van der Waals surface area contributed by atoms with Gasteiger partial charge in [0.1, 0.15) is 16.5 Å². The van der Waals surface area contributed by atoms with E-state index in [-0.39, 0.29) is 43.6 Å². The van der Waals surface area contributed by atoms with Crippen molar-refractivity contribution in [1.82, 2.24) is 9.21 Å². The maximum absolute atomic E-state index is 13.8. The lowest BCUT2D eigenvalue weighted by molar-refractivity contribution is -0.134. The van der Waals surface area contributed by atoms with Crippen LogP contribution in [0.1, 0.15) is 5.56 Å². The van der Waals surface area contributed by atoms with Gasteiger partial charge in [0.2, 0.25) is 10.0 Å². The van der Waals surface area contributed by atoms with E-state index in [0.29, 0.717) is 5.75 Å². The molecule has 1 amide bonds. The summed E-state index contributed by atoms with van der Waals surface area (Å²) in [7, 11) is -3.91. The molecule has 1 aliphatic heterocycles. The van der Waals surface area contributed by atoms with Gasteiger partial charge in [-0.1, -0.05) is 24.3 Å². The summed E-state index contributed by atoms with van der Waals surface area (Å²) in [6.45, 7) is 2.54. The topological polar surface area (TPSA) is 66.9 Å². The lowest BCUT2D eigenvalue weighted by Crippen LogP contribution is -2.51. The molecule has 0 radical (unpaired) electrons. The molecule has 0 aliphatic carbocycles. The van der Waals surface area contributed by atoms with E-state index in [2.05, 4.69) is 0 Å². The Morgan fingerprint density at radius 1 is 1.07 bits per heavy atom. The molecule has 1 heterocycles. The van der Waals surface area contributed by atoms with Gasteiger partial charge in [0.15, 0.2) is 6.61 Å². The van der Waals surface area contributed by atoms with Crippen LogP contribution < -0.4 is 4.74 Å². The van der Waals surface area contributed by atoms with E-state index in [4.69, 9.17) is 4.74 Å². The smallest absolute Gasteiger partial charge is 0.260 e. The van der Waals surface area contributed by atoms with Crippen molar-refractivity contribution in [2.24, 2.45) is 0 Å². The summed E-state index contributed by atoms with van der Waals surface area (Å²) in [6, 6.07) is 12.7. The van der Waals surface area contributed by atoms with Gasteiger partial charge in [-0.05, 0) is 36.8 Å². The van der Waals surface area contributed by atoms with Gasteiger partial charge < -0.3 is 9.64 Å². The zero-order valence-electron chi connectivity index (χ0n) is 15.0. The van der Waals surface area contributed by atoms with Gasteiger partial charge in [-0.25, -0.2) is 12.8 Å². The minimum absolute atomic E-state index is 0.108. The van der Waals surface area contributed by atoms with Crippen LogP contribution in [0.3, 0.4) is 0 Å². The van der Waals surface area contributed by atoms with Crippen molar-refractivity contribution in [2.75, 3.05) is 32.8 Å². The third-order valence-electron chi connectivity index (χ3n) is 4.40. The Labute approximate surface area is 158 Å². The van der Waals surface area contributed by atoms with Crippen molar-refractivity contribution in [3.8, 4) is 5.75 Å². The number of piperazine rings is 1. The summed E-state index contributed by atoms with van der Waals surface area (Å²) in [5, 5.41) is 0. The van der Waals surface area contributed by atoms with Crippen LogP contribution in [0.5, 0.6) is 5.75 Å². The predicted octanol–water partition coefficient (Wildman–Crippen LogP) is 2.05. The van der Waals surface area contributed by atoms with Crippen molar-refractivity contribution < 1.29 is 22.3 Å². The zero-order valence-corrected chi connectivity index (χ0v) is 15.8. The summed E-state index contributed by atoms with van der Waals surface area (Å²) >= 11 is 0. The lowest BCUT2D eigenvalue weighted by atomic mass is 10.2. The standard InChI is InChI=1S/C19H21FN2O4S/c1-15-5-4-6-16(13-15)26-14-19(23)21-9-11-22(12-10-21)27(24,25)18-8-3-2-7-17(18)20/h2-8,13H,9-12,14H2,1H3. The lowest BCUT2D eigenvalue weighted by Gasteiger charge is -2.34. The van der Waals surface area contributed by atoms with Gasteiger partial charge in [0, 0.05) is 26.2 Å². The molecule has 2 aromatic carbocycles. The highest BCUT2D eigenvalue weighted by Crippen LogP contribution is 2.20. The number of ether oxygens (including phenoxy) is 1. The van der Waals surface area contributed by atoms with E-state index < -0.39 is 15.8 Å². The molecule has 27 heavy (non-hydrogen) atoms. The van der Waals surface area contributed by atoms with Crippen molar-refractivity contribution >= 4 is 15.9 Å². The third kappa shape index (κ3) is 4.45. The number of hydrogen-bond acceptors (Lipinski definition) is 4. The molecule has 8 heteroatoms. The van der Waals surface area contributed by atoms with Crippen molar-refractivity contribution in [3.63, 3.8) is 0 Å². The molecular weight excluding hydrogens is 371 g/mol. The molecule has 0 aromatic heterocycles. The number of rotatable bonds is 5. The molecule has 0 N–H and O–H groups in total. The zero-order chi connectivity index (χ0) is 19.4. The molecule has 2 aromatic rings. The second kappa shape index (κ2) is 8.06. The van der Waals surface area contributed by atoms with E-state index in [1.54, 1.807) is 11.0 Å². The average molecular weight is 392 g/mol. The Morgan fingerprint density at radius 3 is 2.44 bits per heavy atom. The molecule has 0 bridgehead atoms. The first-order valence-electron chi connectivity index (χ1n) is 8.60. The molecule has 1 aliphatic rings. The van der Waals surface area contributed by atoms with Gasteiger partial charge in [0.25, 0.3) is 5.91 Å². The number of aryl methyl sites for hydroxylation is 1. The Morgan fingerprint density at radius 2 is 1.78 bits per heavy atom. The van der Waals surface area contributed by atoms with Crippen LogP contribution in [0.25, 0.3) is 0 Å². The van der Waals surface area contributed by atoms with Gasteiger partial charge in [-0.2, -0.15) is 4.31 Å². The average Bonchev–Trinajstić information content (AvgIpc) is 2.66. The quantitative estimate of drug-likeness (QED) is 0.781. The van der Waals surface area contributed by atoms with Gasteiger partial charge >= 0.3 is 0 Å². The summed E-state index contributed by atoms with van der Waals surface area (Å²) < 4.78 is 45.7. The van der Waals surface area contributed by atoms with Crippen LogP contribution in [-0.2, 0) is 14.8 Å². The van der Waals surface area contributed by atoms with E-state index >= 15 is 0 Å². The summed E-state index contributed by atoms with van der Waals surface area (Å²) in [4.78, 5) is 13.5. The van der Waals surface area contributed by atoms with Crippen LogP contribution in [0.15, 0.2) is 53.4 Å². The maximum atomic E-state index is 13.8. The normalized spacial score (nSPS) is 15.6. The summed E-state index contributed by atoms with van der Waals surface area (Å²) in [6.07, 6.45) is 0. The van der Waals surface area contributed by atoms with Crippen LogP contribution >= 0.6 is 0 Å². The second-order valence-electron chi connectivity index (χ2n) is 6.32. The minimum atomic E-state index is -3.91. The van der Waals surface area contributed by atoms with Crippen LogP contribution in [0, 0.1) is 12.7 Å². The SMILES string of the molecule is Cc1cccc(OCC(=O)N2CCN(S(=O)(=O)c3ccccc3F)CC2)c1. The largest absolute Gasteiger partial charge is 0.484 e. The van der Waals surface area contributed by atoms with Crippen LogP contribution in [0.2, 0.25) is 0 Å². The van der Waals surface area contributed by atoms with Gasteiger partial charge in [-0.15, -0.1) is 0 Å². The first-order chi connectivity index (χ1) is 12.9. The highest BCUT2D eigenvalue weighted by Gasteiger charge is 2.31. The van der Waals surface area contributed by atoms with E-state index in [9.17, 15) is 17.6 Å². The van der Waals surface area contributed by atoms with Crippen molar-refractivity contribution in [1.29, 1.82) is 0 Å². The fourth-order valence-corrected chi connectivity index (χ4v) is 4.40. The molecule has 144 valence electrons. The molecule has 0 unspecified atom stereocenters.